The Labute approximate surface area is 208 Å². The molecule has 0 saturated carbocycles. The average molecular weight is 489 g/mol. The molecule has 0 unspecified atom stereocenters. The van der Waals surface area contributed by atoms with Crippen LogP contribution in [0.5, 0.6) is 0 Å². The van der Waals surface area contributed by atoms with Crippen LogP contribution in [-0.2, 0) is 0 Å². The molecular formula is C27H25ClN4O3. The molecule has 178 valence electrons. The molecule has 8 heteroatoms. The molecule has 0 aliphatic carbocycles. The molecule has 1 saturated heterocycles. The number of amides is 2. The number of carbonyl (C=O) groups is 2. The highest BCUT2D eigenvalue weighted by Crippen LogP contribution is 2.25. The summed E-state index contributed by atoms with van der Waals surface area (Å²) in [5.41, 5.74) is 2.89. The van der Waals surface area contributed by atoms with E-state index in [0.29, 0.717) is 53.9 Å². The van der Waals surface area contributed by atoms with E-state index < -0.39 is 0 Å². The topological polar surface area (TPSA) is 80.4 Å². The van der Waals surface area contributed by atoms with Gasteiger partial charge in [0.2, 0.25) is 0 Å². The third-order valence-electron chi connectivity index (χ3n) is 6.15. The van der Waals surface area contributed by atoms with Crippen molar-refractivity contribution in [2.45, 2.75) is 25.8 Å². The Morgan fingerprint density at radius 3 is 2.37 bits per heavy atom. The fourth-order valence-electron chi connectivity index (χ4n) is 4.26. The first-order valence-corrected chi connectivity index (χ1v) is 11.9. The van der Waals surface area contributed by atoms with E-state index >= 15 is 0 Å². The average Bonchev–Trinajstić information content (AvgIpc) is 3.52. The molecule has 5 rings (SSSR count). The first-order chi connectivity index (χ1) is 17.0. The molecule has 2 aromatic heterocycles. The number of hydrogen-bond donors (Lipinski definition) is 1. The third-order valence-corrected chi connectivity index (χ3v) is 6.40. The van der Waals surface area contributed by atoms with E-state index in [2.05, 4.69) is 5.32 Å². The maximum atomic E-state index is 13.6. The lowest BCUT2D eigenvalue weighted by Gasteiger charge is -2.32. The lowest BCUT2D eigenvalue weighted by atomic mass is 10.0. The van der Waals surface area contributed by atoms with E-state index in [1.165, 1.54) is 0 Å². The number of aryl methyl sites for hydroxylation is 1. The van der Waals surface area contributed by atoms with Gasteiger partial charge < -0.3 is 14.6 Å². The molecule has 4 aromatic rings. The minimum absolute atomic E-state index is 0.0133. The minimum atomic E-state index is -0.224. The molecule has 2 aromatic carbocycles. The lowest BCUT2D eigenvalue weighted by Crippen LogP contribution is -2.46. The number of aromatic nitrogens is 2. The quantitative estimate of drug-likeness (QED) is 0.422. The summed E-state index contributed by atoms with van der Waals surface area (Å²) >= 11 is 6.04. The maximum absolute atomic E-state index is 13.6. The van der Waals surface area contributed by atoms with E-state index in [-0.39, 0.29) is 17.9 Å². The van der Waals surface area contributed by atoms with Crippen LogP contribution in [0.25, 0.3) is 16.9 Å². The van der Waals surface area contributed by atoms with E-state index in [1.807, 2.05) is 65.6 Å². The van der Waals surface area contributed by atoms with Gasteiger partial charge in [-0.1, -0.05) is 41.9 Å². The van der Waals surface area contributed by atoms with Crippen molar-refractivity contribution in [1.82, 2.24) is 20.0 Å². The Balaban J connectivity index is 1.33. The van der Waals surface area contributed by atoms with Crippen molar-refractivity contribution in [3.63, 3.8) is 0 Å². The number of nitrogens with zero attached hydrogens (tertiary/aromatic N) is 3. The summed E-state index contributed by atoms with van der Waals surface area (Å²) in [4.78, 5) is 27.8. The Hall–Kier alpha value is -3.84. The van der Waals surface area contributed by atoms with Gasteiger partial charge in [-0.3, -0.25) is 9.59 Å². The fourth-order valence-corrected chi connectivity index (χ4v) is 4.39. The number of carbonyl (C=O) groups excluding carboxylic acids is 2. The lowest BCUT2D eigenvalue weighted by molar-refractivity contribution is 0.0687. The molecule has 0 atom stereocenters. The number of rotatable bonds is 5. The normalized spacial score (nSPS) is 14.2. The summed E-state index contributed by atoms with van der Waals surface area (Å²) in [5, 5.41) is 8.40. The number of furan rings is 1. The van der Waals surface area contributed by atoms with Crippen molar-refractivity contribution in [3.05, 3.63) is 95.0 Å². The summed E-state index contributed by atoms with van der Waals surface area (Å²) in [6, 6.07) is 22.3. The molecule has 0 radical (unpaired) electrons. The second kappa shape index (κ2) is 9.80. The molecule has 2 amide bonds. The Morgan fingerprint density at radius 1 is 1.00 bits per heavy atom. The minimum Gasteiger partial charge on any atom is -0.456 e. The van der Waals surface area contributed by atoms with Crippen LogP contribution < -0.4 is 5.32 Å². The molecule has 1 fully saturated rings. The molecular weight excluding hydrogens is 464 g/mol. The number of nitrogens with one attached hydrogen (secondary N) is 1. The van der Waals surface area contributed by atoms with Crippen LogP contribution in [0.4, 0.5) is 0 Å². The smallest absolute Gasteiger partial charge is 0.287 e. The second-order valence-electron chi connectivity index (χ2n) is 8.62. The standard InChI is InChI=1S/C27H25ClN4O3/c1-18-7-12-25(35-18)26(33)29-21-13-15-31(16-14-21)27(34)24-17-23(19-8-10-20(28)11-9-19)30-32(24)22-5-3-2-4-6-22/h2-12,17,21H,13-16H2,1H3,(H,29,33). The molecule has 1 N–H and O–H groups in total. The van der Waals surface area contributed by atoms with Gasteiger partial charge in [-0.05, 0) is 62.2 Å². The van der Waals surface area contributed by atoms with Gasteiger partial charge >= 0.3 is 0 Å². The van der Waals surface area contributed by atoms with Crippen LogP contribution in [0, 0.1) is 6.92 Å². The van der Waals surface area contributed by atoms with Crippen molar-refractivity contribution < 1.29 is 14.0 Å². The van der Waals surface area contributed by atoms with Crippen molar-refractivity contribution in [3.8, 4) is 16.9 Å². The fraction of sp³-hybridized carbons (Fsp3) is 0.222. The molecule has 1 aliphatic heterocycles. The monoisotopic (exact) mass is 488 g/mol. The Kier molecular flexibility index (Phi) is 6.42. The molecule has 0 bridgehead atoms. The van der Waals surface area contributed by atoms with E-state index in [0.717, 1.165) is 11.3 Å². The number of para-hydroxylation sites is 1. The Bertz CT molecular complexity index is 1340. The first-order valence-electron chi connectivity index (χ1n) is 11.6. The predicted octanol–water partition coefficient (Wildman–Crippen LogP) is 5.13. The van der Waals surface area contributed by atoms with Crippen LogP contribution in [0.15, 0.2) is 77.2 Å². The van der Waals surface area contributed by atoms with Gasteiger partial charge in [0.15, 0.2) is 5.76 Å². The summed E-state index contributed by atoms with van der Waals surface area (Å²) in [6.07, 6.45) is 1.33. The van der Waals surface area contributed by atoms with Gasteiger partial charge in [-0.25, -0.2) is 4.68 Å². The van der Waals surface area contributed by atoms with Crippen molar-refractivity contribution in [2.75, 3.05) is 13.1 Å². The SMILES string of the molecule is Cc1ccc(C(=O)NC2CCN(C(=O)c3cc(-c4ccc(Cl)cc4)nn3-c3ccccc3)CC2)o1. The third kappa shape index (κ3) is 5.00. The summed E-state index contributed by atoms with van der Waals surface area (Å²) in [6.45, 7) is 2.88. The largest absolute Gasteiger partial charge is 0.456 e. The zero-order valence-corrected chi connectivity index (χ0v) is 20.0. The zero-order chi connectivity index (χ0) is 24.4. The summed E-state index contributed by atoms with van der Waals surface area (Å²) < 4.78 is 7.10. The van der Waals surface area contributed by atoms with Crippen LogP contribution in [0.3, 0.4) is 0 Å². The van der Waals surface area contributed by atoms with Gasteiger partial charge in [0, 0.05) is 29.7 Å². The first kappa shape index (κ1) is 22.9. The van der Waals surface area contributed by atoms with Gasteiger partial charge in [0.25, 0.3) is 11.8 Å². The molecule has 35 heavy (non-hydrogen) atoms. The van der Waals surface area contributed by atoms with Crippen LogP contribution >= 0.6 is 11.6 Å². The van der Waals surface area contributed by atoms with Gasteiger partial charge in [-0.2, -0.15) is 5.10 Å². The van der Waals surface area contributed by atoms with E-state index in [4.69, 9.17) is 21.1 Å². The highest BCUT2D eigenvalue weighted by molar-refractivity contribution is 6.30. The highest BCUT2D eigenvalue weighted by Gasteiger charge is 2.28. The molecule has 7 nitrogen and oxygen atoms in total. The van der Waals surface area contributed by atoms with E-state index in [1.54, 1.807) is 23.7 Å². The van der Waals surface area contributed by atoms with Crippen molar-refractivity contribution in [2.24, 2.45) is 0 Å². The highest BCUT2D eigenvalue weighted by atomic mass is 35.5. The van der Waals surface area contributed by atoms with E-state index in [9.17, 15) is 9.59 Å². The van der Waals surface area contributed by atoms with Crippen LogP contribution in [0.2, 0.25) is 5.02 Å². The zero-order valence-electron chi connectivity index (χ0n) is 19.3. The molecule has 1 aliphatic rings. The maximum Gasteiger partial charge on any atom is 0.287 e. The van der Waals surface area contributed by atoms with Crippen molar-refractivity contribution in [1.29, 1.82) is 0 Å². The number of likely N-dealkylation sites (tertiary alicyclic amines) is 1. The van der Waals surface area contributed by atoms with Gasteiger partial charge in [0.05, 0.1) is 11.4 Å². The summed E-state index contributed by atoms with van der Waals surface area (Å²) in [7, 11) is 0. The number of halogens is 1. The molecule has 3 heterocycles. The van der Waals surface area contributed by atoms with Crippen LogP contribution in [0.1, 0.15) is 39.6 Å². The van der Waals surface area contributed by atoms with Crippen LogP contribution in [-0.4, -0.2) is 45.6 Å². The molecule has 0 spiro atoms. The van der Waals surface area contributed by atoms with Gasteiger partial charge in [-0.15, -0.1) is 0 Å². The van der Waals surface area contributed by atoms with Crippen molar-refractivity contribution >= 4 is 23.4 Å². The van der Waals surface area contributed by atoms with Gasteiger partial charge in [0.1, 0.15) is 11.5 Å². The summed E-state index contributed by atoms with van der Waals surface area (Å²) in [5.74, 6) is 0.691. The second-order valence-corrected chi connectivity index (χ2v) is 9.06. The predicted molar refractivity (Wildman–Crippen MR) is 134 cm³/mol. The number of hydrogen-bond acceptors (Lipinski definition) is 4. The number of piperidine rings is 1. The Morgan fingerprint density at radius 2 is 1.71 bits per heavy atom. The number of benzene rings is 2.